The Labute approximate surface area is 106 Å². The molecule has 1 aromatic heterocycles. The van der Waals surface area contributed by atoms with Gasteiger partial charge in [0.05, 0.1) is 12.8 Å². The summed E-state index contributed by atoms with van der Waals surface area (Å²) in [6.07, 6.45) is 1.66. The van der Waals surface area contributed by atoms with E-state index in [1.807, 2.05) is 13.1 Å². The number of halogens is 1. The predicted octanol–water partition coefficient (Wildman–Crippen LogP) is 2.51. The fourth-order valence-electron chi connectivity index (χ4n) is 1.89. The van der Waals surface area contributed by atoms with Gasteiger partial charge in [-0.3, -0.25) is 4.90 Å². The third-order valence-electron chi connectivity index (χ3n) is 2.84. The van der Waals surface area contributed by atoms with Crippen molar-refractivity contribution in [1.82, 2.24) is 4.90 Å². The Kier molecular flexibility index (Phi) is 4.12. The van der Waals surface area contributed by atoms with Crippen molar-refractivity contribution in [3.8, 4) is 0 Å². The summed E-state index contributed by atoms with van der Waals surface area (Å²) in [5.74, 6) is 0.681. The van der Waals surface area contributed by atoms with Gasteiger partial charge in [0.15, 0.2) is 0 Å². The highest BCUT2D eigenvalue weighted by molar-refractivity contribution is 5.18. The molecule has 0 bridgehead atoms. The van der Waals surface area contributed by atoms with E-state index in [-0.39, 0.29) is 5.82 Å². The smallest absolute Gasteiger partial charge is 0.123 e. The minimum Gasteiger partial charge on any atom is -0.468 e. The number of rotatable bonds is 5. The Bertz CT molecular complexity index is 493. The first-order chi connectivity index (χ1) is 8.69. The van der Waals surface area contributed by atoms with Gasteiger partial charge in [0.25, 0.3) is 0 Å². The molecule has 0 saturated carbocycles. The number of hydrogen-bond donors (Lipinski definition) is 1. The summed E-state index contributed by atoms with van der Waals surface area (Å²) in [6.45, 7) is 1.91. The second-order valence-corrected chi connectivity index (χ2v) is 4.37. The second kappa shape index (κ2) is 5.80. The van der Waals surface area contributed by atoms with Crippen LogP contribution in [0.25, 0.3) is 0 Å². The van der Waals surface area contributed by atoms with Crippen LogP contribution >= 0.6 is 0 Å². The monoisotopic (exact) mass is 248 g/mol. The molecule has 0 saturated heterocycles. The standard InChI is InChI=1S/C14H17FN2O/c1-17(9-11-2-4-13(15)5-3-11)10-14-12(8-16)6-7-18-14/h2-7H,8-10,16H2,1H3. The number of furan rings is 1. The van der Waals surface area contributed by atoms with E-state index in [0.29, 0.717) is 13.1 Å². The molecule has 0 aliphatic rings. The van der Waals surface area contributed by atoms with Crippen molar-refractivity contribution in [2.45, 2.75) is 19.6 Å². The molecule has 3 nitrogen and oxygen atoms in total. The van der Waals surface area contributed by atoms with Gasteiger partial charge in [-0.25, -0.2) is 4.39 Å². The average molecular weight is 248 g/mol. The van der Waals surface area contributed by atoms with E-state index in [0.717, 1.165) is 23.4 Å². The normalized spacial score (nSPS) is 11.1. The average Bonchev–Trinajstić information content (AvgIpc) is 2.79. The Morgan fingerprint density at radius 3 is 2.56 bits per heavy atom. The fourth-order valence-corrected chi connectivity index (χ4v) is 1.89. The van der Waals surface area contributed by atoms with Gasteiger partial charge in [-0.05, 0) is 30.8 Å². The molecular weight excluding hydrogens is 231 g/mol. The molecule has 0 amide bonds. The van der Waals surface area contributed by atoms with Gasteiger partial charge in [0, 0.05) is 18.7 Å². The number of nitrogens with zero attached hydrogens (tertiary/aromatic N) is 1. The molecule has 1 heterocycles. The molecule has 2 N–H and O–H groups in total. The summed E-state index contributed by atoms with van der Waals surface area (Å²) >= 11 is 0. The van der Waals surface area contributed by atoms with Crippen molar-refractivity contribution in [3.05, 3.63) is 59.3 Å². The van der Waals surface area contributed by atoms with Crippen LogP contribution < -0.4 is 5.73 Å². The zero-order valence-electron chi connectivity index (χ0n) is 10.4. The van der Waals surface area contributed by atoms with Crippen LogP contribution in [0, 0.1) is 5.82 Å². The molecular formula is C14H17FN2O. The van der Waals surface area contributed by atoms with Crippen LogP contribution in [-0.4, -0.2) is 11.9 Å². The van der Waals surface area contributed by atoms with Crippen LogP contribution in [0.5, 0.6) is 0 Å². The first-order valence-electron chi connectivity index (χ1n) is 5.87. The van der Waals surface area contributed by atoms with E-state index in [1.165, 1.54) is 12.1 Å². The van der Waals surface area contributed by atoms with E-state index >= 15 is 0 Å². The lowest BCUT2D eigenvalue weighted by molar-refractivity contribution is 0.286. The van der Waals surface area contributed by atoms with Crippen LogP contribution in [0.3, 0.4) is 0 Å². The number of hydrogen-bond acceptors (Lipinski definition) is 3. The fraction of sp³-hybridized carbons (Fsp3) is 0.286. The molecule has 0 unspecified atom stereocenters. The highest BCUT2D eigenvalue weighted by Gasteiger charge is 2.08. The van der Waals surface area contributed by atoms with Crippen LogP contribution in [0.2, 0.25) is 0 Å². The Balaban J connectivity index is 1.96. The highest BCUT2D eigenvalue weighted by Crippen LogP contribution is 2.14. The van der Waals surface area contributed by atoms with Crippen molar-refractivity contribution in [1.29, 1.82) is 0 Å². The van der Waals surface area contributed by atoms with Gasteiger partial charge < -0.3 is 10.2 Å². The molecule has 0 aliphatic carbocycles. The lowest BCUT2D eigenvalue weighted by Gasteiger charge is -2.16. The van der Waals surface area contributed by atoms with Crippen molar-refractivity contribution in [3.63, 3.8) is 0 Å². The number of nitrogens with two attached hydrogens (primary N) is 1. The van der Waals surface area contributed by atoms with Crippen LogP contribution in [0.15, 0.2) is 41.0 Å². The number of benzene rings is 1. The van der Waals surface area contributed by atoms with Crippen molar-refractivity contribution < 1.29 is 8.81 Å². The SMILES string of the molecule is CN(Cc1ccc(F)cc1)Cc1occc1CN. The largest absolute Gasteiger partial charge is 0.468 e. The minimum absolute atomic E-state index is 0.210. The molecule has 0 fully saturated rings. The molecule has 2 rings (SSSR count). The predicted molar refractivity (Wildman–Crippen MR) is 68.2 cm³/mol. The van der Waals surface area contributed by atoms with Crippen LogP contribution in [0.4, 0.5) is 4.39 Å². The van der Waals surface area contributed by atoms with E-state index in [9.17, 15) is 4.39 Å². The first-order valence-corrected chi connectivity index (χ1v) is 5.87. The molecule has 0 radical (unpaired) electrons. The maximum absolute atomic E-state index is 12.8. The quantitative estimate of drug-likeness (QED) is 0.884. The van der Waals surface area contributed by atoms with Crippen molar-refractivity contribution in [2.75, 3.05) is 7.05 Å². The van der Waals surface area contributed by atoms with Crippen molar-refractivity contribution in [2.24, 2.45) is 5.73 Å². The summed E-state index contributed by atoms with van der Waals surface area (Å²) in [6, 6.07) is 8.42. The minimum atomic E-state index is -0.210. The van der Waals surface area contributed by atoms with Gasteiger partial charge in [0.1, 0.15) is 11.6 Å². The maximum atomic E-state index is 12.8. The summed E-state index contributed by atoms with van der Waals surface area (Å²) in [7, 11) is 1.99. The van der Waals surface area contributed by atoms with Gasteiger partial charge in [-0.1, -0.05) is 12.1 Å². The van der Waals surface area contributed by atoms with Gasteiger partial charge in [0.2, 0.25) is 0 Å². The first kappa shape index (κ1) is 12.8. The highest BCUT2D eigenvalue weighted by atomic mass is 19.1. The Morgan fingerprint density at radius 1 is 1.17 bits per heavy atom. The summed E-state index contributed by atoms with van der Waals surface area (Å²) in [4.78, 5) is 2.10. The van der Waals surface area contributed by atoms with E-state index in [2.05, 4.69) is 4.90 Å². The molecule has 0 spiro atoms. The molecule has 4 heteroatoms. The summed E-state index contributed by atoms with van der Waals surface area (Å²) < 4.78 is 18.2. The van der Waals surface area contributed by atoms with E-state index in [1.54, 1.807) is 18.4 Å². The summed E-state index contributed by atoms with van der Waals surface area (Å²) in [5.41, 5.74) is 7.72. The second-order valence-electron chi connectivity index (χ2n) is 4.37. The molecule has 0 atom stereocenters. The molecule has 1 aromatic carbocycles. The van der Waals surface area contributed by atoms with E-state index < -0.39 is 0 Å². The third kappa shape index (κ3) is 3.18. The van der Waals surface area contributed by atoms with Gasteiger partial charge in [-0.15, -0.1) is 0 Å². The van der Waals surface area contributed by atoms with Crippen LogP contribution in [-0.2, 0) is 19.6 Å². The summed E-state index contributed by atoms with van der Waals surface area (Å²) in [5, 5.41) is 0. The zero-order valence-corrected chi connectivity index (χ0v) is 10.4. The lowest BCUT2D eigenvalue weighted by atomic mass is 10.2. The van der Waals surface area contributed by atoms with Crippen LogP contribution in [0.1, 0.15) is 16.9 Å². The Hall–Kier alpha value is -1.65. The van der Waals surface area contributed by atoms with Crippen molar-refractivity contribution >= 4 is 0 Å². The van der Waals surface area contributed by atoms with Gasteiger partial charge >= 0.3 is 0 Å². The maximum Gasteiger partial charge on any atom is 0.123 e. The molecule has 96 valence electrons. The lowest BCUT2D eigenvalue weighted by Crippen LogP contribution is -2.18. The third-order valence-corrected chi connectivity index (χ3v) is 2.84. The molecule has 2 aromatic rings. The molecule has 0 aliphatic heterocycles. The zero-order chi connectivity index (χ0) is 13.0. The Morgan fingerprint density at radius 2 is 1.89 bits per heavy atom. The van der Waals surface area contributed by atoms with Gasteiger partial charge in [-0.2, -0.15) is 0 Å². The topological polar surface area (TPSA) is 42.4 Å². The molecule has 18 heavy (non-hydrogen) atoms. The van der Waals surface area contributed by atoms with E-state index in [4.69, 9.17) is 10.2 Å².